The van der Waals surface area contributed by atoms with Crippen LogP contribution < -0.4 is 19.8 Å². The van der Waals surface area contributed by atoms with Crippen molar-refractivity contribution in [1.82, 2.24) is 10.4 Å². The molecule has 0 radical (unpaired) electrons. The molecule has 1 aliphatic heterocycles. The van der Waals surface area contributed by atoms with Crippen molar-refractivity contribution in [2.24, 2.45) is 5.10 Å². The average Bonchev–Trinajstić information content (AvgIpc) is 3.64. The number of carbonyl (C=O) groups is 1. The zero-order valence-electron chi connectivity index (χ0n) is 21.3. The molecule has 0 spiro atoms. The van der Waals surface area contributed by atoms with Crippen LogP contribution in [-0.2, 0) is 6.61 Å². The number of thiazole rings is 1. The van der Waals surface area contributed by atoms with Gasteiger partial charge in [-0.2, -0.15) is 5.10 Å². The van der Waals surface area contributed by atoms with E-state index in [2.05, 4.69) is 21.5 Å². The zero-order chi connectivity index (χ0) is 26.2. The molecular weight excluding hydrogens is 516 g/mol. The first kappa shape index (κ1) is 25.9. The Kier molecular flexibility index (Phi) is 8.67. The molecule has 1 fully saturated rings. The second-order valence-electron chi connectivity index (χ2n) is 8.82. The second-order valence-corrected chi connectivity index (χ2v) is 10.8. The van der Waals surface area contributed by atoms with Gasteiger partial charge in [-0.05, 0) is 79.6 Å². The quantitative estimate of drug-likeness (QED) is 0.179. The third-order valence-electron chi connectivity index (χ3n) is 6.13. The minimum atomic E-state index is -0.265. The van der Waals surface area contributed by atoms with Crippen molar-refractivity contribution < 1.29 is 14.3 Å². The number of hydrazone groups is 1. The number of nitrogens with zero attached hydrogens (tertiary/aromatic N) is 3. The van der Waals surface area contributed by atoms with Gasteiger partial charge in [0.05, 0.1) is 22.6 Å². The number of amides is 1. The minimum Gasteiger partial charge on any atom is -0.494 e. The van der Waals surface area contributed by atoms with Crippen molar-refractivity contribution >= 4 is 39.9 Å². The molecule has 0 atom stereocenters. The van der Waals surface area contributed by atoms with Gasteiger partial charge in [-0.3, -0.25) is 4.79 Å². The standard InChI is InChI=1S/C29H30N4O3S2/c1-2-35-23-12-14-24(15-13-23)36-20-21-8-10-22(11-9-21)28(34)32-30-19-26-27(25-7-6-18-37-25)31-29(38-26)33-16-4-3-5-17-33/h6-15,18-19H,2-5,16-17,20H2,1H3,(H,32,34). The summed E-state index contributed by atoms with van der Waals surface area (Å²) in [6.07, 6.45) is 5.37. The number of thiophene rings is 1. The zero-order valence-corrected chi connectivity index (χ0v) is 22.9. The Morgan fingerprint density at radius 1 is 1.03 bits per heavy atom. The highest BCUT2D eigenvalue weighted by molar-refractivity contribution is 7.18. The molecule has 0 unspecified atom stereocenters. The fraction of sp³-hybridized carbons (Fsp3) is 0.276. The first-order chi connectivity index (χ1) is 18.7. The van der Waals surface area contributed by atoms with Crippen molar-refractivity contribution in [3.8, 4) is 22.1 Å². The molecule has 1 amide bonds. The predicted molar refractivity (Wildman–Crippen MR) is 155 cm³/mol. The fourth-order valence-corrected chi connectivity index (χ4v) is 5.95. The van der Waals surface area contributed by atoms with Gasteiger partial charge in [-0.25, -0.2) is 10.4 Å². The van der Waals surface area contributed by atoms with E-state index in [-0.39, 0.29) is 5.91 Å². The highest BCUT2D eigenvalue weighted by Gasteiger charge is 2.19. The second kappa shape index (κ2) is 12.7. The first-order valence-corrected chi connectivity index (χ1v) is 14.5. The van der Waals surface area contributed by atoms with Gasteiger partial charge in [-0.15, -0.1) is 11.3 Å². The van der Waals surface area contributed by atoms with Crippen LogP contribution in [0.15, 0.2) is 71.1 Å². The number of hydrogen-bond acceptors (Lipinski definition) is 8. The lowest BCUT2D eigenvalue weighted by molar-refractivity contribution is 0.0955. The molecule has 9 heteroatoms. The van der Waals surface area contributed by atoms with Crippen molar-refractivity contribution in [1.29, 1.82) is 0 Å². The van der Waals surface area contributed by atoms with E-state index in [1.165, 1.54) is 19.3 Å². The summed E-state index contributed by atoms with van der Waals surface area (Å²) in [7, 11) is 0. The third-order valence-corrected chi connectivity index (χ3v) is 8.05. The lowest BCUT2D eigenvalue weighted by atomic mass is 10.1. The minimum absolute atomic E-state index is 0.265. The molecule has 1 N–H and O–H groups in total. The number of aromatic nitrogens is 1. The van der Waals surface area contributed by atoms with E-state index < -0.39 is 0 Å². The lowest BCUT2D eigenvalue weighted by Gasteiger charge is -2.25. The summed E-state index contributed by atoms with van der Waals surface area (Å²) >= 11 is 3.27. The van der Waals surface area contributed by atoms with Gasteiger partial charge in [0.15, 0.2) is 5.13 Å². The van der Waals surface area contributed by atoms with E-state index in [0.717, 1.165) is 50.7 Å². The number of hydrogen-bond donors (Lipinski definition) is 1. The van der Waals surface area contributed by atoms with Gasteiger partial charge in [-0.1, -0.05) is 29.5 Å². The van der Waals surface area contributed by atoms with Crippen molar-refractivity contribution in [2.75, 3.05) is 24.6 Å². The number of carbonyl (C=O) groups excluding carboxylic acids is 1. The molecule has 196 valence electrons. The van der Waals surface area contributed by atoms with Crippen molar-refractivity contribution in [2.45, 2.75) is 32.8 Å². The Bertz CT molecular complexity index is 1340. The van der Waals surface area contributed by atoms with E-state index >= 15 is 0 Å². The largest absolute Gasteiger partial charge is 0.494 e. The van der Waals surface area contributed by atoms with Gasteiger partial charge >= 0.3 is 0 Å². The van der Waals surface area contributed by atoms with Crippen LogP contribution in [0.5, 0.6) is 11.5 Å². The van der Waals surface area contributed by atoms with Gasteiger partial charge in [0, 0.05) is 18.7 Å². The lowest BCUT2D eigenvalue weighted by Crippen LogP contribution is -2.29. The van der Waals surface area contributed by atoms with Crippen LogP contribution in [0.2, 0.25) is 0 Å². The van der Waals surface area contributed by atoms with Crippen molar-refractivity contribution in [3.05, 3.63) is 82.0 Å². The molecule has 0 aliphatic carbocycles. The number of anilines is 1. The van der Waals surface area contributed by atoms with E-state index in [9.17, 15) is 4.79 Å². The molecule has 1 aliphatic rings. The van der Waals surface area contributed by atoms with Gasteiger partial charge < -0.3 is 14.4 Å². The van der Waals surface area contributed by atoms with Crippen LogP contribution >= 0.6 is 22.7 Å². The summed E-state index contributed by atoms with van der Waals surface area (Å²) in [6.45, 7) is 5.06. The molecule has 7 nitrogen and oxygen atoms in total. The average molecular weight is 547 g/mol. The predicted octanol–water partition coefficient (Wildman–Crippen LogP) is 6.60. The maximum absolute atomic E-state index is 12.7. The summed E-state index contributed by atoms with van der Waals surface area (Å²) in [6, 6.07) is 19.0. The van der Waals surface area contributed by atoms with Gasteiger partial charge in [0.2, 0.25) is 0 Å². The molecule has 2 aromatic carbocycles. The Hall–Kier alpha value is -3.69. The van der Waals surface area contributed by atoms with Crippen LogP contribution in [-0.4, -0.2) is 36.8 Å². The smallest absolute Gasteiger partial charge is 0.271 e. The molecule has 3 heterocycles. The molecule has 2 aromatic heterocycles. The van der Waals surface area contributed by atoms with E-state index in [1.54, 1.807) is 41.0 Å². The molecule has 0 saturated carbocycles. The summed E-state index contributed by atoms with van der Waals surface area (Å²) in [5.41, 5.74) is 5.07. The highest BCUT2D eigenvalue weighted by atomic mass is 32.1. The number of rotatable bonds is 10. The number of benzene rings is 2. The number of nitrogens with one attached hydrogen (secondary N) is 1. The Balaban J connectivity index is 1.19. The molecule has 1 saturated heterocycles. The van der Waals surface area contributed by atoms with E-state index in [4.69, 9.17) is 14.5 Å². The summed E-state index contributed by atoms with van der Waals surface area (Å²) in [5.74, 6) is 1.31. The van der Waals surface area contributed by atoms with Crippen LogP contribution in [0.3, 0.4) is 0 Å². The van der Waals surface area contributed by atoms with E-state index in [1.807, 2.05) is 54.8 Å². The van der Waals surface area contributed by atoms with E-state index in [0.29, 0.717) is 18.8 Å². The number of piperidine rings is 1. The number of ether oxygens (including phenoxy) is 2. The summed E-state index contributed by atoms with van der Waals surface area (Å²) < 4.78 is 11.3. The Morgan fingerprint density at radius 3 is 2.45 bits per heavy atom. The monoisotopic (exact) mass is 546 g/mol. The maximum Gasteiger partial charge on any atom is 0.271 e. The molecule has 5 rings (SSSR count). The molecule has 38 heavy (non-hydrogen) atoms. The van der Waals surface area contributed by atoms with Crippen LogP contribution in [0.25, 0.3) is 10.6 Å². The third kappa shape index (κ3) is 6.59. The SMILES string of the molecule is CCOc1ccc(OCc2ccc(C(=O)NN=Cc3sc(N4CCCCC4)nc3-c3cccs3)cc2)cc1. The molecular formula is C29H30N4O3S2. The Labute approximate surface area is 230 Å². The molecule has 4 aromatic rings. The topological polar surface area (TPSA) is 76.1 Å². The fourth-order valence-electron chi connectivity index (χ4n) is 4.15. The maximum atomic E-state index is 12.7. The highest BCUT2D eigenvalue weighted by Crippen LogP contribution is 2.35. The van der Waals surface area contributed by atoms with Crippen LogP contribution in [0, 0.1) is 0 Å². The summed E-state index contributed by atoms with van der Waals surface area (Å²) in [5, 5.41) is 7.33. The molecule has 0 bridgehead atoms. The van der Waals surface area contributed by atoms with Gasteiger partial charge in [0.1, 0.15) is 23.8 Å². The van der Waals surface area contributed by atoms with Crippen molar-refractivity contribution in [3.63, 3.8) is 0 Å². The van der Waals surface area contributed by atoms with Crippen LogP contribution in [0.1, 0.15) is 47.0 Å². The first-order valence-electron chi connectivity index (χ1n) is 12.8. The normalized spacial score (nSPS) is 13.6. The Morgan fingerprint density at radius 2 is 1.76 bits per heavy atom. The van der Waals surface area contributed by atoms with Crippen LogP contribution in [0.4, 0.5) is 5.13 Å². The van der Waals surface area contributed by atoms with Gasteiger partial charge in [0.25, 0.3) is 5.91 Å². The summed E-state index contributed by atoms with van der Waals surface area (Å²) in [4.78, 5) is 22.0.